The molecule has 0 atom stereocenters. The van der Waals surface area contributed by atoms with E-state index in [2.05, 4.69) is 5.32 Å². The fourth-order valence-electron chi connectivity index (χ4n) is 0.259. The van der Waals surface area contributed by atoms with E-state index < -0.39 is 0 Å². The number of alkyl halides is 1. The molecule has 0 fully saturated rings. The Labute approximate surface area is 62.1 Å². The van der Waals surface area contributed by atoms with Crippen LogP contribution in [-0.2, 0) is 4.79 Å². The average Bonchev–Trinajstić information content (AvgIpc) is 1.83. The van der Waals surface area contributed by atoms with E-state index in [4.69, 9.17) is 5.73 Å². The van der Waals surface area contributed by atoms with Gasteiger partial charge >= 0.3 is 0 Å². The largest absolute Gasteiger partial charge is 0.354 e. The summed E-state index contributed by atoms with van der Waals surface area (Å²) in [6.45, 7) is 1.10. The Bertz CT molecular complexity index is 76.4. The summed E-state index contributed by atoms with van der Waals surface area (Å²) in [6, 6.07) is 0. The topological polar surface area (TPSA) is 55.1 Å². The highest BCUT2D eigenvalue weighted by atomic mass is 127. The molecular formula is C4H9IN2O. The van der Waals surface area contributed by atoms with Crippen LogP contribution in [0.25, 0.3) is 0 Å². The lowest BCUT2D eigenvalue weighted by molar-refractivity contribution is -0.118. The molecule has 4 heteroatoms. The lowest BCUT2D eigenvalue weighted by atomic mass is 10.6. The maximum Gasteiger partial charge on any atom is 0.229 e. The van der Waals surface area contributed by atoms with Crippen LogP contribution in [0, 0.1) is 0 Å². The van der Waals surface area contributed by atoms with Gasteiger partial charge in [-0.15, -0.1) is 0 Å². The zero-order valence-corrected chi connectivity index (χ0v) is 6.64. The molecule has 48 valence electrons. The highest BCUT2D eigenvalue weighted by Gasteiger charge is 1.91. The minimum atomic E-state index is 0.0519. The summed E-state index contributed by atoms with van der Waals surface area (Å²) < 4.78 is 0.512. The van der Waals surface area contributed by atoms with Crippen LogP contribution in [0.15, 0.2) is 0 Å². The van der Waals surface area contributed by atoms with Crippen LogP contribution in [0.5, 0.6) is 0 Å². The standard InChI is InChI=1S/C4H9IN2O/c5-3-4(8)7-2-1-6/h1-3,6H2,(H,7,8). The van der Waals surface area contributed by atoms with Gasteiger partial charge in [-0.2, -0.15) is 0 Å². The molecule has 0 saturated carbocycles. The average molecular weight is 228 g/mol. The van der Waals surface area contributed by atoms with Gasteiger partial charge in [0.05, 0.1) is 4.43 Å². The minimum absolute atomic E-state index is 0.0519. The Morgan fingerprint density at radius 2 is 2.38 bits per heavy atom. The van der Waals surface area contributed by atoms with Gasteiger partial charge in [0.2, 0.25) is 5.91 Å². The van der Waals surface area contributed by atoms with E-state index in [-0.39, 0.29) is 5.91 Å². The van der Waals surface area contributed by atoms with Gasteiger partial charge < -0.3 is 11.1 Å². The molecule has 0 rings (SSSR count). The van der Waals surface area contributed by atoms with Crippen LogP contribution in [0.4, 0.5) is 0 Å². The molecule has 0 spiro atoms. The van der Waals surface area contributed by atoms with Crippen molar-refractivity contribution in [2.75, 3.05) is 17.5 Å². The first-order valence-corrected chi connectivity index (χ1v) is 3.86. The smallest absolute Gasteiger partial charge is 0.229 e. The van der Waals surface area contributed by atoms with Crippen LogP contribution in [0.1, 0.15) is 0 Å². The summed E-state index contributed by atoms with van der Waals surface area (Å²) in [6.07, 6.45) is 0. The quantitative estimate of drug-likeness (QED) is 0.505. The number of hydrogen-bond donors (Lipinski definition) is 2. The normalized spacial score (nSPS) is 8.75. The molecule has 0 saturated heterocycles. The third kappa shape index (κ3) is 4.32. The summed E-state index contributed by atoms with van der Waals surface area (Å²) in [5, 5.41) is 2.61. The zero-order chi connectivity index (χ0) is 6.41. The number of carbonyl (C=O) groups excluding carboxylic acids is 1. The van der Waals surface area contributed by atoms with Gasteiger partial charge in [0.25, 0.3) is 0 Å². The van der Waals surface area contributed by atoms with Crippen LogP contribution < -0.4 is 11.1 Å². The molecule has 8 heavy (non-hydrogen) atoms. The summed E-state index contributed by atoms with van der Waals surface area (Å²) in [5.74, 6) is 0.0519. The first-order chi connectivity index (χ1) is 3.81. The Kier molecular flexibility index (Phi) is 5.41. The summed E-state index contributed by atoms with van der Waals surface area (Å²) >= 11 is 2.00. The third-order valence-electron chi connectivity index (χ3n) is 0.588. The van der Waals surface area contributed by atoms with Crippen molar-refractivity contribution in [3.8, 4) is 0 Å². The molecule has 0 radical (unpaired) electrons. The number of nitrogens with two attached hydrogens (primary N) is 1. The molecule has 1 amide bonds. The molecular weight excluding hydrogens is 219 g/mol. The highest BCUT2D eigenvalue weighted by molar-refractivity contribution is 14.1. The molecule has 3 nitrogen and oxygen atoms in total. The molecule has 0 aliphatic rings. The minimum Gasteiger partial charge on any atom is -0.354 e. The van der Waals surface area contributed by atoms with Gasteiger partial charge in [-0.1, -0.05) is 22.6 Å². The van der Waals surface area contributed by atoms with Crippen LogP contribution in [0.3, 0.4) is 0 Å². The van der Waals surface area contributed by atoms with E-state index >= 15 is 0 Å². The van der Waals surface area contributed by atoms with E-state index in [9.17, 15) is 4.79 Å². The first-order valence-electron chi connectivity index (χ1n) is 2.34. The summed E-state index contributed by atoms with van der Waals surface area (Å²) in [4.78, 5) is 10.4. The Hall–Kier alpha value is 0.160. The fourth-order valence-corrected chi connectivity index (χ4v) is 0.529. The van der Waals surface area contributed by atoms with Crippen molar-refractivity contribution >= 4 is 28.5 Å². The van der Waals surface area contributed by atoms with Gasteiger partial charge in [-0.25, -0.2) is 0 Å². The van der Waals surface area contributed by atoms with Crippen molar-refractivity contribution in [1.82, 2.24) is 5.32 Å². The van der Waals surface area contributed by atoms with Crippen molar-refractivity contribution < 1.29 is 4.79 Å². The monoisotopic (exact) mass is 228 g/mol. The van der Waals surface area contributed by atoms with Crippen molar-refractivity contribution in [1.29, 1.82) is 0 Å². The summed E-state index contributed by atoms with van der Waals surface area (Å²) in [5.41, 5.74) is 5.11. The van der Waals surface area contributed by atoms with Crippen molar-refractivity contribution in [2.24, 2.45) is 5.73 Å². The maximum atomic E-state index is 10.4. The lowest BCUT2D eigenvalue weighted by Gasteiger charge is -1.96. The number of carbonyl (C=O) groups is 1. The predicted molar refractivity (Wildman–Crippen MR) is 41.0 cm³/mol. The number of hydrogen-bond acceptors (Lipinski definition) is 2. The highest BCUT2D eigenvalue weighted by Crippen LogP contribution is 1.77. The molecule has 0 heterocycles. The maximum absolute atomic E-state index is 10.4. The number of halogens is 1. The first kappa shape index (κ1) is 8.16. The second kappa shape index (κ2) is 5.30. The molecule has 0 aliphatic heterocycles. The number of rotatable bonds is 3. The second-order valence-corrected chi connectivity index (χ2v) is 2.04. The van der Waals surface area contributed by atoms with Crippen molar-refractivity contribution in [3.05, 3.63) is 0 Å². The molecule has 3 N–H and O–H groups in total. The zero-order valence-electron chi connectivity index (χ0n) is 4.48. The molecule has 0 aromatic rings. The lowest BCUT2D eigenvalue weighted by Crippen LogP contribution is -2.29. The van der Waals surface area contributed by atoms with Gasteiger partial charge in [0.15, 0.2) is 0 Å². The molecule has 0 aromatic carbocycles. The SMILES string of the molecule is NCCNC(=O)CI. The third-order valence-corrected chi connectivity index (χ3v) is 1.28. The van der Waals surface area contributed by atoms with Crippen LogP contribution >= 0.6 is 22.6 Å². The molecule has 0 bridgehead atoms. The van der Waals surface area contributed by atoms with Crippen molar-refractivity contribution in [2.45, 2.75) is 0 Å². The molecule has 0 aliphatic carbocycles. The Morgan fingerprint density at radius 3 is 2.75 bits per heavy atom. The van der Waals surface area contributed by atoms with Crippen LogP contribution in [-0.4, -0.2) is 23.4 Å². The van der Waals surface area contributed by atoms with E-state index in [1.807, 2.05) is 22.6 Å². The Morgan fingerprint density at radius 1 is 1.75 bits per heavy atom. The molecule has 0 unspecified atom stereocenters. The van der Waals surface area contributed by atoms with Gasteiger partial charge in [-0.05, 0) is 0 Å². The van der Waals surface area contributed by atoms with Crippen molar-refractivity contribution in [3.63, 3.8) is 0 Å². The summed E-state index contributed by atoms with van der Waals surface area (Å²) in [7, 11) is 0. The van der Waals surface area contributed by atoms with E-state index in [0.717, 1.165) is 0 Å². The Balaban J connectivity index is 2.99. The van der Waals surface area contributed by atoms with E-state index in [1.54, 1.807) is 0 Å². The van der Waals surface area contributed by atoms with Gasteiger partial charge in [0, 0.05) is 13.1 Å². The number of amides is 1. The van der Waals surface area contributed by atoms with Crippen LogP contribution in [0.2, 0.25) is 0 Å². The predicted octanol–water partition coefficient (Wildman–Crippen LogP) is -0.504. The van der Waals surface area contributed by atoms with Gasteiger partial charge in [-0.3, -0.25) is 4.79 Å². The second-order valence-electron chi connectivity index (χ2n) is 1.27. The number of nitrogens with one attached hydrogen (secondary N) is 1. The fraction of sp³-hybridized carbons (Fsp3) is 0.750. The van der Waals surface area contributed by atoms with E-state index in [0.29, 0.717) is 17.5 Å². The molecule has 0 aromatic heterocycles. The van der Waals surface area contributed by atoms with Gasteiger partial charge in [0.1, 0.15) is 0 Å². The van der Waals surface area contributed by atoms with E-state index in [1.165, 1.54) is 0 Å².